The van der Waals surface area contributed by atoms with Gasteiger partial charge in [0.05, 0.1) is 24.4 Å². The van der Waals surface area contributed by atoms with Crippen molar-refractivity contribution < 1.29 is 14.7 Å². The molecule has 2 aliphatic rings. The van der Waals surface area contributed by atoms with Crippen molar-refractivity contribution in [2.45, 2.75) is 45.0 Å². The lowest BCUT2D eigenvalue weighted by Crippen LogP contribution is -2.34. The summed E-state index contributed by atoms with van der Waals surface area (Å²) in [6.45, 7) is 3.40. The summed E-state index contributed by atoms with van der Waals surface area (Å²) >= 11 is 0. The van der Waals surface area contributed by atoms with Crippen molar-refractivity contribution in [3.8, 4) is 0 Å². The van der Waals surface area contributed by atoms with Gasteiger partial charge in [-0.1, -0.05) is 24.3 Å². The molecule has 1 aromatic heterocycles. The number of nitrogens with one attached hydrogen (secondary N) is 1. The summed E-state index contributed by atoms with van der Waals surface area (Å²) < 4.78 is 1.80. The van der Waals surface area contributed by atoms with Gasteiger partial charge in [0.25, 0.3) is 5.91 Å². The molecule has 0 bridgehead atoms. The van der Waals surface area contributed by atoms with E-state index in [1.165, 1.54) is 0 Å². The Hall–Kier alpha value is -2.67. The fraction of sp³-hybridized carbons (Fsp3) is 0.421. The van der Waals surface area contributed by atoms with Crippen molar-refractivity contribution in [1.82, 2.24) is 20.0 Å². The van der Waals surface area contributed by atoms with Crippen molar-refractivity contribution >= 4 is 11.8 Å². The second kappa shape index (κ2) is 6.57. The first-order chi connectivity index (χ1) is 12.5. The van der Waals surface area contributed by atoms with E-state index in [2.05, 4.69) is 10.4 Å². The Morgan fingerprint density at radius 2 is 2.08 bits per heavy atom. The van der Waals surface area contributed by atoms with Crippen LogP contribution in [0.5, 0.6) is 0 Å². The van der Waals surface area contributed by atoms with Crippen molar-refractivity contribution in [1.29, 1.82) is 0 Å². The van der Waals surface area contributed by atoms with E-state index in [0.29, 0.717) is 31.7 Å². The SMILES string of the molecule is CC(=O)N1CCCn2nc(C(=O)N[C@H]3c4ccccc4C[C@H]3O)cc2C1. The van der Waals surface area contributed by atoms with Crippen LogP contribution in [0.3, 0.4) is 0 Å². The molecular formula is C19H22N4O3. The monoisotopic (exact) mass is 354 g/mol. The lowest BCUT2D eigenvalue weighted by Gasteiger charge is -2.17. The van der Waals surface area contributed by atoms with Crippen LogP contribution in [-0.4, -0.2) is 44.3 Å². The first kappa shape index (κ1) is 16.8. The number of carbonyl (C=O) groups excluding carboxylic acids is 2. The molecular weight excluding hydrogens is 332 g/mol. The number of fused-ring (bicyclic) bond motifs is 2. The molecule has 4 rings (SSSR count). The van der Waals surface area contributed by atoms with Crippen LogP contribution in [0.1, 0.15) is 46.7 Å². The Labute approximate surface area is 151 Å². The van der Waals surface area contributed by atoms with Gasteiger partial charge in [0.15, 0.2) is 5.69 Å². The van der Waals surface area contributed by atoms with Crippen molar-refractivity contribution in [3.05, 3.63) is 52.8 Å². The van der Waals surface area contributed by atoms with Gasteiger partial charge in [-0.05, 0) is 23.6 Å². The van der Waals surface area contributed by atoms with Crippen LogP contribution >= 0.6 is 0 Å². The molecule has 0 fully saturated rings. The highest BCUT2D eigenvalue weighted by molar-refractivity contribution is 5.92. The van der Waals surface area contributed by atoms with E-state index in [1.54, 1.807) is 22.6 Å². The number of amides is 2. The van der Waals surface area contributed by atoms with Crippen molar-refractivity contribution in [2.75, 3.05) is 6.54 Å². The van der Waals surface area contributed by atoms with Crippen LogP contribution in [-0.2, 0) is 24.3 Å². The Kier molecular flexibility index (Phi) is 4.24. The molecule has 2 N–H and O–H groups in total. The third kappa shape index (κ3) is 2.99. The van der Waals surface area contributed by atoms with Crippen LogP contribution < -0.4 is 5.32 Å². The Morgan fingerprint density at radius 1 is 1.27 bits per heavy atom. The van der Waals surface area contributed by atoms with Gasteiger partial charge < -0.3 is 15.3 Å². The van der Waals surface area contributed by atoms with Gasteiger partial charge in [0.1, 0.15) is 0 Å². The molecule has 1 aliphatic carbocycles. The van der Waals surface area contributed by atoms with E-state index in [0.717, 1.165) is 23.2 Å². The molecule has 0 spiro atoms. The van der Waals surface area contributed by atoms with Crippen LogP contribution in [0, 0.1) is 0 Å². The van der Waals surface area contributed by atoms with Gasteiger partial charge in [0.2, 0.25) is 5.91 Å². The van der Waals surface area contributed by atoms with Gasteiger partial charge >= 0.3 is 0 Å². The van der Waals surface area contributed by atoms with Gasteiger partial charge in [-0.2, -0.15) is 5.10 Å². The number of carbonyl (C=O) groups is 2. The summed E-state index contributed by atoms with van der Waals surface area (Å²) in [6.07, 6.45) is 0.711. The minimum absolute atomic E-state index is 0.0244. The molecule has 26 heavy (non-hydrogen) atoms. The van der Waals surface area contributed by atoms with E-state index in [9.17, 15) is 14.7 Å². The smallest absolute Gasteiger partial charge is 0.272 e. The molecule has 2 atom stereocenters. The minimum atomic E-state index is -0.634. The summed E-state index contributed by atoms with van der Waals surface area (Å²) in [7, 11) is 0. The molecule has 2 aromatic rings. The van der Waals surface area contributed by atoms with E-state index < -0.39 is 12.1 Å². The first-order valence-corrected chi connectivity index (χ1v) is 8.92. The average molecular weight is 354 g/mol. The maximum atomic E-state index is 12.7. The zero-order valence-electron chi connectivity index (χ0n) is 14.7. The van der Waals surface area contributed by atoms with Gasteiger partial charge in [-0.15, -0.1) is 0 Å². The van der Waals surface area contributed by atoms with E-state index >= 15 is 0 Å². The highest BCUT2D eigenvalue weighted by Crippen LogP contribution is 2.31. The maximum Gasteiger partial charge on any atom is 0.272 e. The molecule has 7 nitrogen and oxygen atoms in total. The number of hydrogen-bond donors (Lipinski definition) is 2. The summed E-state index contributed by atoms with van der Waals surface area (Å²) in [5, 5.41) is 17.6. The average Bonchev–Trinajstić information content (AvgIpc) is 3.08. The van der Waals surface area contributed by atoms with Crippen molar-refractivity contribution in [2.24, 2.45) is 0 Å². The molecule has 136 valence electrons. The van der Waals surface area contributed by atoms with Gasteiger partial charge in [0, 0.05) is 26.4 Å². The fourth-order valence-electron chi connectivity index (χ4n) is 3.81. The normalized spacial score (nSPS) is 21.7. The topological polar surface area (TPSA) is 87.5 Å². The molecule has 2 heterocycles. The predicted octanol–water partition coefficient (Wildman–Crippen LogP) is 1.02. The number of hydrogen-bond acceptors (Lipinski definition) is 4. The number of rotatable bonds is 2. The van der Waals surface area contributed by atoms with E-state index in [-0.39, 0.29) is 11.8 Å². The third-order valence-electron chi connectivity index (χ3n) is 5.18. The highest BCUT2D eigenvalue weighted by atomic mass is 16.3. The van der Waals surface area contributed by atoms with Crippen LogP contribution in [0.25, 0.3) is 0 Å². The molecule has 2 amide bonds. The van der Waals surface area contributed by atoms with E-state index in [1.807, 2.05) is 24.3 Å². The predicted molar refractivity (Wildman–Crippen MR) is 94.3 cm³/mol. The third-order valence-corrected chi connectivity index (χ3v) is 5.18. The van der Waals surface area contributed by atoms with Crippen LogP contribution in [0.15, 0.2) is 30.3 Å². The second-order valence-electron chi connectivity index (χ2n) is 6.96. The van der Waals surface area contributed by atoms with Crippen LogP contribution in [0.2, 0.25) is 0 Å². The Bertz CT molecular complexity index is 860. The second-order valence-corrected chi connectivity index (χ2v) is 6.96. The summed E-state index contributed by atoms with van der Waals surface area (Å²) in [6, 6.07) is 9.07. The molecule has 0 saturated heterocycles. The molecule has 1 aromatic carbocycles. The Balaban J connectivity index is 1.53. The molecule has 0 radical (unpaired) electrons. The fourth-order valence-corrected chi connectivity index (χ4v) is 3.81. The zero-order valence-corrected chi connectivity index (χ0v) is 14.7. The number of benzene rings is 1. The first-order valence-electron chi connectivity index (χ1n) is 8.92. The molecule has 7 heteroatoms. The van der Waals surface area contributed by atoms with Gasteiger partial charge in [-0.25, -0.2) is 0 Å². The molecule has 0 unspecified atom stereocenters. The minimum Gasteiger partial charge on any atom is -0.390 e. The number of aromatic nitrogens is 2. The number of aryl methyl sites for hydroxylation is 1. The highest BCUT2D eigenvalue weighted by Gasteiger charge is 2.32. The largest absolute Gasteiger partial charge is 0.390 e. The van der Waals surface area contributed by atoms with Gasteiger partial charge in [-0.3, -0.25) is 14.3 Å². The maximum absolute atomic E-state index is 12.7. The number of aliphatic hydroxyl groups excluding tert-OH is 1. The standard InChI is InChI=1S/C19H22N4O3/c1-12(24)22-7-4-8-23-14(11-22)10-16(21-23)19(26)20-18-15-6-3-2-5-13(15)9-17(18)25/h2-3,5-6,10,17-18,25H,4,7-9,11H2,1H3,(H,20,26)/t17-,18+/m1/s1. The number of aliphatic hydroxyl groups is 1. The summed E-state index contributed by atoms with van der Waals surface area (Å²) in [5.41, 5.74) is 3.19. The Morgan fingerprint density at radius 3 is 2.88 bits per heavy atom. The quantitative estimate of drug-likeness (QED) is 0.843. The number of nitrogens with zero attached hydrogens (tertiary/aromatic N) is 3. The van der Waals surface area contributed by atoms with Crippen molar-refractivity contribution in [3.63, 3.8) is 0 Å². The summed E-state index contributed by atoms with van der Waals surface area (Å²) in [5.74, 6) is -0.281. The lowest BCUT2D eigenvalue weighted by atomic mass is 10.1. The zero-order chi connectivity index (χ0) is 18.3. The lowest BCUT2D eigenvalue weighted by molar-refractivity contribution is -0.129. The van der Waals surface area contributed by atoms with E-state index in [4.69, 9.17) is 0 Å². The molecule has 0 saturated carbocycles. The van der Waals surface area contributed by atoms with Crippen LogP contribution in [0.4, 0.5) is 0 Å². The molecule has 1 aliphatic heterocycles. The summed E-state index contributed by atoms with van der Waals surface area (Å²) in [4.78, 5) is 26.1.